The lowest BCUT2D eigenvalue weighted by Crippen LogP contribution is -2.11. The summed E-state index contributed by atoms with van der Waals surface area (Å²) in [6.45, 7) is 9.94. The minimum Gasteiger partial charge on any atom is -0.478 e. The van der Waals surface area contributed by atoms with Crippen molar-refractivity contribution in [2.24, 2.45) is 0 Å². The van der Waals surface area contributed by atoms with Gasteiger partial charge in [0, 0.05) is 5.57 Å². The van der Waals surface area contributed by atoms with Gasteiger partial charge in [0.1, 0.15) is 0 Å². The molecule has 0 unspecified atom stereocenters. The standard InChI is InChI=1S/C15H20O2/c1-10(11(2)14(16)17)12-7-6-8-13(9-12)15(3,4)5/h6-9H,1-5H3,(H,16,17). The van der Waals surface area contributed by atoms with E-state index < -0.39 is 5.97 Å². The molecule has 17 heavy (non-hydrogen) atoms. The van der Waals surface area contributed by atoms with Gasteiger partial charge in [0.05, 0.1) is 0 Å². The van der Waals surface area contributed by atoms with Crippen LogP contribution in [0.25, 0.3) is 5.57 Å². The maximum Gasteiger partial charge on any atom is 0.331 e. The Bertz CT molecular complexity index is 462. The first-order valence-electron chi connectivity index (χ1n) is 5.75. The number of carboxylic acid groups (broad SMARTS) is 1. The third-order valence-electron chi connectivity index (χ3n) is 3.04. The van der Waals surface area contributed by atoms with E-state index in [1.807, 2.05) is 19.1 Å². The summed E-state index contributed by atoms with van der Waals surface area (Å²) in [4.78, 5) is 10.9. The molecule has 0 saturated heterocycles. The first-order valence-corrected chi connectivity index (χ1v) is 5.75. The highest BCUT2D eigenvalue weighted by molar-refractivity contribution is 5.95. The SMILES string of the molecule is CC(C(=O)O)=C(C)c1cccc(C(C)(C)C)c1. The van der Waals surface area contributed by atoms with Crippen molar-refractivity contribution < 1.29 is 9.90 Å². The summed E-state index contributed by atoms with van der Waals surface area (Å²) in [5.41, 5.74) is 3.50. The van der Waals surface area contributed by atoms with Crippen molar-refractivity contribution >= 4 is 11.5 Å². The van der Waals surface area contributed by atoms with Gasteiger partial charge in [-0.1, -0.05) is 45.0 Å². The molecule has 1 N–H and O–H groups in total. The molecular formula is C15H20O2. The number of benzene rings is 1. The van der Waals surface area contributed by atoms with E-state index in [2.05, 4.69) is 32.9 Å². The zero-order valence-corrected chi connectivity index (χ0v) is 11.2. The number of aliphatic carboxylic acids is 1. The third kappa shape index (κ3) is 3.19. The lowest BCUT2D eigenvalue weighted by atomic mass is 9.85. The van der Waals surface area contributed by atoms with Crippen LogP contribution in [0, 0.1) is 0 Å². The molecule has 0 aromatic heterocycles. The maximum absolute atomic E-state index is 10.9. The zero-order chi connectivity index (χ0) is 13.2. The van der Waals surface area contributed by atoms with Crippen LogP contribution in [0.5, 0.6) is 0 Å². The molecule has 0 spiro atoms. The molecule has 1 aromatic carbocycles. The van der Waals surface area contributed by atoms with E-state index in [1.54, 1.807) is 6.92 Å². The molecule has 0 heterocycles. The molecule has 0 fully saturated rings. The zero-order valence-electron chi connectivity index (χ0n) is 11.2. The Kier molecular flexibility index (Phi) is 3.76. The highest BCUT2D eigenvalue weighted by atomic mass is 16.4. The van der Waals surface area contributed by atoms with Crippen LogP contribution in [0.1, 0.15) is 45.7 Å². The second-order valence-corrected chi connectivity index (χ2v) is 5.39. The Morgan fingerprint density at radius 1 is 1.18 bits per heavy atom. The van der Waals surface area contributed by atoms with Gasteiger partial charge in [-0.05, 0) is 36.0 Å². The molecule has 2 nitrogen and oxygen atoms in total. The highest BCUT2D eigenvalue weighted by Crippen LogP contribution is 2.26. The largest absolute Gasteiger partial charge is 0.478 e. The molecular weight excluding hydrogens is 212 g/mol. The molecule has 0 bridgehead atoms. The van der Waals surface area contributed by atoms with Crippen molar-refractivity contribution in [2.75, 3.05) is 0 Å². The number of hydrogen-bond acceptors (Lipinski definition) is 1. The number of carboxylic acids is 1. The Morgan fingerprint density at radius 3 is 2.24 bits per heavy atom. The molecule has 0 aliphatic rings. The molecule has 2 heteroatoms. The van der Waals surface area contributed by atoms with Gasteiger partial charge < -0.3 is 5.11 Å². The fourth-order valence-electron chi connectivity index (χ4n) is 1.60. The first-order chi connectivity index (χ1) is 7.73. The summed E-state index contributed by atoms with van der Waals surface area (Å²) in [6, 6.07) is 8.08. The second kappa shape index (κ2) is 4.74. The maximum atomic E-state index is 10.9. The van der Waals surface area contributed by atoms with Crippen LogP contribution >= 0.6 is 0 Å². The second-order valence-electron chi connectivity index (χ2n) is 5.39. The minimum atomic E-state index is -0.858. The van der Waals surface area contributed by atoms with E-state index in [0.717, 1.165) is 11.1 Å². The van der Waals surface area contributed by atoms with Crippen LogP contribution in [0.2, 0.25) is 0 Å². The molecule has 0 saturated carbocycles. The quantitative estimate of drug-likeness (QED) is 0.786. The van der Waals surface area contributed by atoms with Crippen molar-refractivity contribution in [3.63, 3.8) is 0 Å². The monoisotopic (exact) mass is 232 g/mol. The van der Waals surface area contributed by atoms with Crippen LogP contribution in [-0.2, 0) is 10.2 Å². The summed E-state index contributed by atoms with van der Waals surface area (Å²) in [5.74, 6) is -0.858. The average Bonchev–Trinajstić information content (AvgIpc) is 2.26. The summed E-state index contributed by atoms with van der Waals surface area (Å²) in [5, 5.41) is 8.99. The topological polar surface area (TPSA) is 37.3 Å². The van der Waals surface area contributed by atoms with Gasteiger partial charge in [-0.3, -0.25) is 0 Å². The molecule has 92 valence electrons. The Morgan fingerprint density at radius 2 is 1.76 bits per heavy atom. The molecule has 0 aliphatic carbocycles. The number of allylic oxidation sites excluding steroid dienone is 1. The van der Waals surface area contributed by atoms with Crippen LogP contribution in [0.15, 0.2) is 29.8 Å². The minimum absolute atomic E-state index is 0.0768. The molecule has 1 rings (SSSR count). The van der Waals surface area contributed by atoms with Gasteiger partial charge in [0.15, 0.2) is 0 Å². The van der Waals surface area contributed by atoms with Gasteiger partial charge in [0.25, 0.3) is 0 Å². The van der Waals surface area contributed by atoms with Crippen molar-refractivity contribution in [3.8, 4) is 0 Å². The molecule has 1 aromatic rings. The van der Waals surface area contributed by atoms with Crippen LogP contribution in [-0.4, -0.2) is 11.1 Å². The predicted octanol–water partition coefficient (Wildman–Crippen LogP) is 3.86. The van der Waals surface area contributed by atoms with Crippen molar-refractivity contribution in [1.29, 1.82) is 0 Å². The predicted molar refractivity (Wildman–Crippen MR) is 71.0 cm³/mol. The van der Waals surface area contributed by atoms with E-state index in [0.29, 0.717) is 5.57 Å². The Hall–Kier alpha value is -1.57. The average molecular weight is 232 g/mol. The number of carbonyl (C=O) groups is 1. The Balaban J connectivity index is 3.26. The normalized spacial score (nSPS) is 13.2. The first kappa shape index (κ1) is 13.5. The van der Waals surface area contributed by atoms with Gasteiger partial charge >= 0.3 is 5.97 Å². The smallest absolute Gasteiger partial charge is 0.331 e. The number of hydrogen-bond donors (Lipinski definition) is 1. The highest BCUT2D eigenvalue weighted by Gasteiger charge is 2.15. The van der Waals surface area contributed by atoms with E-state index in [1.165, 1.54) is 5.56 Å². The van der Waals surface area contributed by atoms with Gasteiger partial charge in [-0.2, -0.15) is 0 Å². The third-order valence-corrected chi connectivity index (χ3v) is 3.04. The summed E-state index contributed by atoms with van der Waals surface area (Å²) < 4.78 is 0. The van der Waals surface area contributed by atoms with Gasteiger partial charge in [-0.15, -0.1) is 0 Å². The van der Waals surface area contributed by atoms with Crippen LogP contribution in [0.3, 0.4) is 0 Å². The molecule has 0 radical (unpaired) electrons. The summed E-state index contributed by atoms with van der Waals surface area (Å²) in [6.07, 6.45) is 0. The van der Waals surface area contributed by atoms with E-state index in [4.69, 9.17) is 5.11 Å². The summed E-state index contributed by atoms with van der Waals surface area (Å²) in [7, 11) is 0. The van der Waals surface area contributed by atoms with E-state index in [-0.39, 0.29) is 5.41 Å². The lowest BCUT2D eigenvalue weighted by molar-refractivity contribution is -0.132. The fourth-order valence-corrected chi connectivity index (χ4v) is 1.60. The summed E-state index contributed by atoms with van der Waals surface area (Å²) >= 11 is 0. The lowest BCUT2D eigenvalue weighted by Gasteiger charge is -2.20. The molecule has 0 atom stereocenters. The molecule has 0 amide bonds. The Labute approximate surface area is 103 Å². The molecule has 0 aliphatic heterocycles. The van der Waals surface area contributed by atoms with Crippen LogP contribution < -0.4 is 0 Å². The van der Waals surface area contributed by atoms with Crippen molar-refractivity contribution in [1.82, 2.24) is 0 Å². The van der Waals surface area contributed by atoms with Crippen LogP contribution in [0.4, 0.5) is 0 Å². The van der Waals surface area contributed by atoms with Gasteiger partial charge in [0.2, 0.25) is 0 Å². The van der Waals surface area contributed by atoms with E-state index >= 15 is 0 Å². The van der Waals surface area contributed by atoms with Gasteiger partial charge in [-0.25, -0.2) is 4.79 Å². The van der Waals surface area contributed by atoms with Crippen molar-refractivity contribution in [2.45, 2.75) is 40.0 Å². The fraction of sp³-hybridized carbons (Fsp3) is 0.400. The van der Waals surface area contributed by atoms with E-state index in [9.17, 15) is 4.79 Å². The van der Waals surface area contributed by atoms with Crippen molar-refractivity contribution in [3.05, 3.63) is 41.0 Å². The number of rotatable bonds is 2.